The van der Waals surface area contributed by atoms with Crippen molar-refractivity contribution in [2.45, 2.75) is 30.7 Å². The molecular formula is C15H18Cl2O4. The molecule has 21 heavy (non-hydrogen) atoms. The molecule has 1 aromatic rings. The third kappa shape index (κ3) is 4.17. The molecule has 0 saturated heterocycles. The van der Waals surface area contributed by atoms with Crippen LogP contribution in [-0.4, -0.2) is 24.0 Å². The van der Waals surface area contributed by atoms with Crippen molar-refractivity contribution in [3.8, 4) is 11.5 Å². The second-order valence-electron chi connectivity index (χ2n) is 4.96. The predicted molar refractivity (Wildman–Crippen MR) is 81.1 cm³/mol. The van der Waals surface area contributed by atoms with Crippen molar-refractivity contribution in [3.63, 3.8) is 0 Å². The Hall–Kier alpha value is -1.13. The first kappa shape index (κ1) is 16.2. The van der Waals surface area contributed by atoms with E-state index in [0.29, 0.717) is 24.5 Å². The van der Waals surface area contributed by atoms with Crippen LogP contribution >= 0.6 is 23.2 Å². The fourth-order valence-corrected chi connectivity index (χ4v) is 2.34. The molecule has 1 aromatic carbocycles. The Balaban J connectivity index is 1.93. The molecule has 1 fully saturated rings. The standard InChI is InChI=1S/C15H18Cl2O4/c1-3-6-20-12-5-4-10(7-13(12)19-2)9-21-14(18)11-8-15(11,16)17/h4-5,7,11H,3,6,8-9H2,1-2H3. The van der Waals surface area contributed by atoms with Crippen LogP contribution in [-0.2, 0) is 16.1 Å². The van der Waals surface area contributed by atoms with Crippen molar-refractivity contribution in [2.75, 3.05) is 13.7 Å². The Labute approximate surface area is 134 Å². The summed E-state index contributed by atoms with van der Waals surface area (Å²) in [6.45, 7) is 2.81. The van der Waals surface area contributed by atoms with E-state index >= 15 is 0 Å². The molecule has 4 nitrogen and oxygen atoms in total. The number of halogens is 2. The lowest BCUT2D eigenvalue weighted by molar-refractivity contribution is -0.146. The zero-order valence-electron chi connectivity index (χ0n) is 12.0. The lowest BCUT2D eigenvalue weighted by Crippen LogP contribution is -2.10. The minimum absolute atomic E-state index is 0.156. The van der Waals surface area contributed by atoms with Crippen LogP contribution in [0.1, 0.15) is 25.3 Å². The normalized spacial score (nSPS) is 19.0. The number of benzene rings is 1. The SMILES string of the molecule is CCCOc1ccc(COC(=O)C2CC2(Cl)Cl)cc1OC. The minimum Gasteiger partial charge on any atom is -0.493 e. The van der Waals surface area contributed by atoms with Gasteiger partial charge >= 0.3 is 5.97 Å². The summed E-state index contributed by atoms with van der Waals surface area (Å²) in [6, 6.07) is 5.43. The van der Waals surface area contributed by atoms with Crippen LogP contribution in [0.4, 0.5) is 0 Å². The summed E-state index contributed by atoms with van der Waals surface area (Å²) < 4.78 is 15.1. The van der Waals surface area contributed by atoms with Crippen molar-refractivity contribution in [3.05, 3.63) is 23.8 Å². The van der Waals surface area contributed by atoms with Crippen LogP contribution in [0, 0.1) is 5.92 Å². The Bertz CT molecular complexity index is 516. The van der Waals surface area contributed by atoms with E-state index in [-0.39, 0.29) is 12.6 Å². The molecule has 1 unspecified atom stereocenters. The zero-order chi connectivity index (χ0) is 15.5. The highest BCUT2D eigenvalue weighted by atomic mass is 35.5. The molecule has 0 bridgehead atoms. The summed E-state index contributed by atoms with van der Waals surface area (Å²) >= 11 is 11.7. The van der Waals surface area contributed by atoms with E-state index < -0.39 is 10.3 Å². The van der Waals surface area contributed by atoms with Crippen molar-refractivity contribution in [1.82, 2.24) is 0 Å². The summed E-state index contributed by atoms with van der Waals surface area (Å²) in [5.41, 5.74) is 0.819. The van der Waals surface area contributed by atoms with E-state index in [1.165, 1.54) is 0 Å². The van der Waals surface area contributed by atoms with Gasteiger partial charge in [-0.25, -0.2) is 0 Å². The first-order chi connectivity index (χ1) is 9.97. The van der Waals surface area contributed by atoms with Gasteiger partial charge in [-0.05, 0) is 30.5 Å². The molecule has 116 valence electrons. The smallest absolute Gasteiger partial charge is 0.312 e. The van der Waals surface area contributed by atoms with Gasteiger partial charge in [0.15, 0.2) is 11.5 Å². The summed E-state index contributed by atoms with van der Waals surface area (Å²) in [5.74, 6) is 0.504. The molecule has 1 aliphatic rings. The second-order valence-corrected chi connectivity index (χ2v) is 6.50. The molecule has 0 radical (unpaired) electrons. The van der Waals surface area contributed by atoms with Crippen molar-refractivity contribution in [2.24, 2.45) is 5.92 Å². The molecule has 0 aliphatic heterocycles. The van der Waals surface area contributed by atoms with Gasteiger partial charge in [-0.2, -0.15) is 0 Å². The molecular weight excluding hydrogens is 315 g/mol. The van der Waals surface area contributed by atoms with E-state index in [2.05, 4.69) is 0 Å². The molecule has 0 N–H and O–H groups in total. The Kier molecular flexibility index (Phi) is 5.22. The summed E-state index contributed by atoms with van der Waals surface area (Å²) in [5, 5.41) is 0. The molecule has 0 spiro atoms. The van der Waals surface area contributed by atoms with Crippen LogP contribution in [0.25, 0.3) is 0 Å². The largest absolute Gasteiger partial charge is 0.493 e. The molecule has 0 aromatic heterocycles. The summed E-state index contributed by atoms with van der Waals surface area (Å²) in [4.78, 5) is 11.7. The van der Waals surface area contributed by atoms with E-state index in [1.54, 1.807) is 13.2 Å². The first-order valence-electron chi connectivity index (χ1n) is 6.82. The van der Waals surface area contributed by atoms with Crippen LogP contribution in [0.3, 0.4) is 0 Å². The number of methoxy groups -OCH3 is 1. The van der Waals surface area contributed by atoms with Crippen molar-refractivity contribution >= 4 is 29.2 Å². The van der Waals surface area contributed by atoms with Gasteiger partial charge in [-0.3, -0.25) is 4.79 Å². The highest BCUT2D eigenvalue weighted by Gasteiger charge is 2.57. The average molecular weight is 333 g/mol. The lowest BCUT2D eigenvalue weighted by atomic mass is 10.2. The lowest BCUT2D eigenvalue weighted by Gasteiger charge is -2.12. The number of carbonyl (C=O) groups is 1. The first-order valence-corrected chi connectivity index (χ1v) is 7.57. The van der Waals surface area contributed by atoms with Gasteiger partial charge in [0.05, 0.1) is 19.6 Å². The molecule has 1 saturated carbocycles. The van der Waals surface area contributed by atoms with E-state index in [4.69, 9.17) is 37.4 Å². The Morgan fingerprint density at radius 3 is 2.67 bits per heavy atom. The summed E-state index contributed by atoms with van der Waals surface area (Å²) in [6.07, 6.45) is 1.37. The van der Waals surface area contributed by atoms with E-state index in [0.717, 1.165) is 12.0 Å². The van der Waals surface area contributed by atoms with Gasteiger partial charge in [0.1, 0.15) is 10.9 Å². The van der Waals surface area contributed by atoms with Crippen LogP contribution in [0.15, 0.2) is 18.2 Å². The molecule has 1 aliphatic carbocycles. The number of alkyl halides is 2. The number of carbonyl (C=O) groups excluding carboxylic acids is 1. The van der Waals surface area contributed by atoms with Gasteiger partial charge in [-0.1, -0.05) is 13.0 Å². The van der Waals surface area contributed by atoms with Gasteiger partial charge < -0.3 is 14.2 Å². The zero-order valence-corrected chi connectivity index (χ0v) is 13.5. The van der Waals surface area contributed by atoms with E-state index in [1.807, 2.05) is 19.1 Å². The highest BCUT2D eigenvalue weighted by molar-refractivity contribution is 6.52. The van der Waals surface area contributed by atoms with Gasteiger partial charge in [-0.15, -0.1) is 23.2 Å². The van der Waals surface area contributed by atoms with Gasteiger partial charge in [0, 0.05) is 0 Å². The Morgan fingerprint density at radius 2 is 2.10 bits per heavy atom. The maximum absolute atomic E-state index is 11.7. The number of rotatable bonds is 7. The maximum Gasteiger partial charge on any atom is 0.312 e. The number of hydrogen-bond acceptors (Lipinski definition) is 4. The van der Waals surface area contributed by atoms with Crippen LogP contribution in [0.2, 0.25) is 0 Å². The van der Waals surface area contributed by atoms with E-state index in [9.17, 15) is 4.79 Å². The molecule has 1 atom stereocenters. The van der Waals surface area contributed by atoms with Gasteiger partial charge in [0.25, 0.3) is 0 Å². The quantitative estimate of drug-likeness (QED) is 0.563. The molecule has 6 heteroatoms. The van der Waals surface area contributed by atoms with Crippen LogP contribution in [0.5, 0.6) is 11.5 Å². The number of esters is 1. The maximum atomic E-state index is 11.7. The average Bonchev–Trinajstić information content (AvgIpc) is 3.11. The predicted octanol–water partition coefficient (Wildman–Crippen LogP) is 3.72. The van der Waals surface area contributed by atoms with Crippen molar-refractivity contribution < 1.29 is 19.0 Å². The highest BCUT2D eigenvalue weighted by Crippen LogP contribution is 2.53. The van der Waals surface area contributed by atoms with Crippen LogP contribution < -0.4 is 9.47 Å². The molecule has 0 amide bonds. The summed E-state index contributed by atoms with van der Waals surface area (Å²) in [7, 11) is 1.57. The second kappa shape index (κ2) is 6.75. The Morgan fingerprint density at radius 1 is 1.38 bits per heavy atom. The monoisotopic (exact) mass is 332 g/mol. The number of ether oxygens (including phenoxy) is 3. The third-order valence-corrected chi connectivity index (χ3v) is 4.02. The number of hydrogen-bond donors (Lipinski definition) is 0. The van der Waals surface area contributed by atoms with Gasteiger partial charge in [0.2, 0.25) is 0 Å². The molecule has 0 heterocycles. The third-order valence-electron chi connectivity index (χ3n) is 3.18. The fourth-order valence-electron chi connectivity index (χ4n) is 1.86. The minimum atomic E-state index is -0.952. The molecule has 2 rings (SSSR count). The topological polar surface area (TPSA) is 44.8 Å². The van der Waals surface area contributed by atoms with Crippen molar-refractivity contribution in [1.29, 1.82) is 0 Å². The fraction of sp³-hybridized carbons (Fsp3) is 0.533.